The highest BCUT2D eigenvalue weighted by Gasteiger charge is 2.11. The minimum Gasteiger partial charge on any atom is -0.361 e. The van der Waals surface area contributed by atoms with E-state index in [1.807, 2.05) is 13.8 Å². The zero-order chi connectivity index (χ0) is 15.4. The summed E-state index contributed by atoms with van der Waals surface area (Å²) in [5.74, 6) is 0.724. The van der Waals surface area contributed by atoms with Crippen LogP contribution in [0.3, 0.4) is 0 Å². The molecular formula is C15H16Cl2N2O2. The van der Waals surface area contributed by atoms with E-state index in [9.17, 15) is 4.79 Å². The standard InChI is InChI=1S/C15H16Cl2N2O2/c1-9-13(10(2)21-19-9)5-6-15(20)18-8-11-3-4-12(16)7-14(11)17/h3-4,7H,5-6,8H2,1-2H3,(H,18,20). The molecule has 0 bridgehead atoms. The Kier molecular flexibility index (Phi) is 5.26. The van der Waals surface area contributed by atoms with Crippen LogP contribution < -0.4 is 5.32 Å². The maximum Gasteiger partial charge on any atom is 0.220 e. The van der Waals surface area contributed by atoms with Crippen molar-refractivity contribution in [2.24, 2.45) is 0 Å². The molecule has 0 spiro atoms. The predicted octanol–water partition coefficient (Wildman–Crippen LogP) is 3.85. The van der Waals surface area contributed by atoms with Gasteiger partial charge in [0.1, 0.15) is 5.76 Å². The Bertz CT molecular complexity index is 634. The van der Waals surface area contributed by atoms with Crippen LogP contribution in [-0.4, -0.2) is 11.1 Å². The lowest BCUT2D eigenvalue weighted by Crippen LogP contribution is -2.23. The molecule has 0 aliphatic rings. The maximum absolute atomic E-state index is 11.9. The summed E-state index contributed by atoms with van der Waals surface area (Å²) in [5, 5.41) is 7.84. The fourth-order valence-electron chi connectivity index (χ4n) is 2.04. The van der Waals surface area contributed by atoms with Crippen LogP contribution in [0.15, 0.2) is 22.7 Å². The quantitative estimate of drug-likeness (QED) is 0.907. The van der Waals surface area contributed by atoms with Gasteiger partial charge in [-0.3, -0.25) is 4.79 Å². The van der Waals surface area contributed by atoms with E-state index in [1.54, 1.807) is 18.2 Å². The van der Waals surface area contributed by atoms with Crippen molar-refractivity contribution in [3.63, 3.8) is 0 Å². The summed E-state index contributed by atoms with van der Waals surface area (Å²) in [6.07, 6.45) is 0.995. The van der Waals surface area contributed by atoms with Crippen molar-refractivity contribution in [1.29, 1.82) is 0 Å². The van der Waals surface area contributed by atoms with E-state index in [-0.39, 0.29) is 5.91 Å². The minimum absolute atomic E-state index is 0.0407. The highest BCUT2D eigenvalue weighted by atomic mass is 35.5. The zero-order valence-electron chi connectivity index (χ0n) is 11.9. The van der Waals surface area contributed by atoms with Gasteiger partial charge in [0.2, 0.25) is 5.91 Å². The van der Waals surface area contributed by atoms with Crippen LogP contribution >= 0.6 is 23.2 Å². The topological polar surface area (TPSA) is 55.1 Å². The van der Waals surface area contributed by atoms with Gasteiger partial charge in [0.05, 0.1) is 5.69 Å². The lowest BCUT2D eigenvalue weighted by Gasteiger charge is -2.07. The average Bonchev–Trinajstić information content (AvgIpc) is 2.75. The third kappa shape index (κ3) is 4.22. The average molecular weight is 327 g/mol. The lowest BCUT2D eigenvalue weighted by molar-refractivity contribution is -0.121. The van der Waals surface area contributed by atoms with Crippen LogP contribution in [0, 0.1) is 13.8 Å². The van der Waals surface area contributed by atoms with Crippen LogP contribution in [0.2, 0.25) is 10.0 Å². The van der Waals surface area contributed by atoms with Crippen LogP contribution in [-0.2, 0) is 17.8 Å². The molecule has 0 saturated heterocycles. The van der Waals surface area contributed by atoms with Crippen molar-refractivity contribution in [2.75, 3.05) is 0 Å². The van der Waals surface area contributed by atoms with E-state index in [1.165, 1.54) is 0 Å². The summed E-state index contributed by atoms with van der Waals surface area (Å²) in [6.45, 7) is 4.11. The summed E-state index contributed by atoms with van der Waals surface area (Å²) < 4.78 is 5.07. The second kappa shape index (κ2) is 6.96. The number of amides is 1. The highest BCUT2D eigenvalue weighted by molar-refractivity contribution is 6.35. The van der Waals surface area contributed by atoms with Gasteiger partial charge in [-0.25, -0.2) is 0 Å². The molecule has 0 aliphatic carbocycles. The SMILES string of the molecule is Cc1noc(C)c1CCC(=O)NCc1ccc(Cl)cc1Cl. The van der Waals surface area contributed by atoms with Gasteiger partial charge >= 0.3 is 0 Å². The number of nitrogens with one attached hydrogen (secondary N) is 1. The fraction of sp³-hybridized carbons (Fsp3) is 0.333. The molecule has 2 rings (SSSR count). The van der Waals surface area contributed by atoms with E-state index >= 15 is 0 Å². The molecule has 1 amide bonds. The first kappa shape index (κ1) is 15.9. The lowest BCUT2D eigenvalue weighted by atomic mass is 10.1. The third-order valence-electron chi connectivity index (χ3n) is 3.27. The molecule has 0 aliphatic heterocycles. The van der Waals surface area contributed by atoms with E-state index < -0.39 is 0 Å². The zero-order valence-corrected chi connectivity index (χ0v) is 13.4. The predicted molar refractivity (Wildman–Crippen MR) is 82.6 cm³/mol. The first-order chi connectivity index (χ1) is 9.97. The molecule has 2 aromatic rings. The van der Waals surface area contributed by atoms with Gasteiger partial charge < -0.3 is 9.84 Å². The number of hydrogen-bond acceptors (Lipinski definition) is 3. The fourth-order valence-corrected chi connectivity index (χ4v) is 2.52. The number of halogens is 2. The highest BCUT2D eigenvalue weighted by Crippen LogP contribution is 2.20. The van der Waals surface area contributed by atoms with Crippen molar-refractivity contribution in [3.8, 4) is 0 Å². The van der Waals surface area contributed by atoms with E-state index in [0.29, 0.717) is 29.4 Å². The molecule has 0 saturated carbocycles. The summed E-state index contributed by atoms with van der Waals surface area (Å²) in [7, 11) is 0. The monoisotopic (exact) mass is 326 g/mol. The van der Waals surface area contributed by atoms with E-state index in [2.05, 4.69) is 10.5 Å². The maximum atomic E-state index is 11.9. The molecular weight excluding hydrogens is 311 g/mol. The molecule has 1 heterocycles. The van der Waals surface area contributed by atoms with Crippen molar-refractivity contribution >= 4 is 29.1 Å². The Balaban J connectivity index is 1.85. The summed E-state index contributed by atoms with van der Waals surface area (Å²) >= 11 is 11.9. The summed E-state index contributed by atoms with van der Waals surface area (Å²) in [5.41, 5.74) is 2.67. The Morgan fingerprint density at radius 2 is 2.10 bits per heavy atom. The summed E-state index contributed by atoms with van der Waals surface area (Å²) in [6, 6.07) is 5.21. The smallest absolute Gasteiger partial charge is 0.220 e. The first-order valence-corrected chi connectivity index (χ1v) is 7.35. The molecule has 0 unspecified atom stereocenters. The molecule has 1 aromatic carbocycles. The Labute approximate surface area is 133 Å². The van der Waals surface area contributed by atoms with Gasteiger partial charge in [-0.2, -0.15) is 0 Å². The Hall–Kier alpha value is -1.52. The number of aromatic nitrogens is 1. The minimum atomic E-state index is -0.0407. The number of carbonyl (C=O) groups is 1. The Morgan fingerprint density at radius 1 is 1.33 bits per heavy atom. The first-order valence-electron chi connectivity index (χ1n) is 6.59. The number of carbonyl (C=O) groups excluding carboxylic acids is 1. The van der Waals surface area contributed by atoms with Crippen LogP contribution in [0.1, 0.15) is 29.0 Å². The van der Waals surface area contributed by atoms with E-state index in [0.717, 1.165) is 22.6 Å². The van der Waals surface area contributed by atoms with Crippen LogP contribution in [0.5, 0.6) is 0 Å². The largest absolute Gasteiger partial charge is 0.361 e. The van der Waals surface area contributed by atoms with E-state index in [4.69, 9.17) is 27.7 Å². The molecule has 1 N–H and O–H groups in total. The van der Waals surface area contributed by atoms with Gasteiger partial charge in [0, 0.05) is 28.6 Å². The van der Waals surface area contributed by atoms with Crippen LogP contribution in [0.25, 0.3) is 0 Å². The molecule has 0 radical (unpaired) electrons. The molecule has 0 fully saturated rings. The third-order valence-corrected chi connectivity index (χ3v) is 3.86. The number of benzene rings is 1. The van der Waals surface area contributed by atoms with Crippen molar-refractivity contribution in [3.05, 3.63) is 50.8 Å². The van der Waals surface area contributed by atoms with Crippen molar-refractivity contribution in [2.45, 2.75) is 33.2 Å². The van der Waals surface area contributed by atoms with Gasteiger partial charge in [0.25, 0.3) is 0 Å². The number of hydrogen-bond donors (Lipinski definition) is 1. The second-order valence-corrected chi connectivity index (χ2v) is 5.66. The van der Waals surface area contributed by atoms with Gasteiger partial charge in [0.15, 0.2) is 0 Å². The van der Waals surface area contributed by atoms with Gasteiger partial charge in [-0.1, -0.05) is 34.4 Å². The molecule has 0 atom stereocenters. The molecule has 4 nitrogen and oxygen atoms in total. The van der Waals surface area contributed by atoms with Crippen LogP contribution in [0.4, 0.5) is 0 Å². The van der Waals surface area contributed by atoms with Crippen molar-refractivity contribution < 1.29 is 9.32 Å². The number of aryl methyl sites for hydroxylation is 2. The number of nitrogens with zero attached hydrogens (tertiary/aromatic N) is 1. The normalized spacial score (nSPS) is 10.7. The Morgan fingerprint density at radius 3 is 2.71 bits per heavy atom. The number of rotatable bonds is 5. The van der Waals surface area contributed by atoms with Gasteiger partial charge in [-0.05, 0) is 38.0 Å². The van der Waals surface area contributed by atoms with Crippen molar-refractivity contribution in [1.82, 2.24) is 10.5 Å². The molecule has 21 heavy (non-hydrogen) atoms. The second-order valence-electron chi connectivity index (χ2n) is 4.82. The molecule has 1 aromatic heterocycles. The summed E-state index contributed by atoms with van der Waals surface area (Å²) in [4.78, 5) is 11.9. The van der Waals surface area contributed by atoms with Gasteiger partial charge in [-0.15, -0.1) is 0 Å². The molecule has 112 valence electrons. The molecule has 6 heteroatoms.